The lowest BCUT2D eigenvalue weighted by Gasteiger charge is -2.41. The van der Waals surface area contributed by atoms with Gasteiger partial charge in [-0.1, -0.05) is 38.2 Å². The number of hydrogen-bond acceptors (Lipinski definition) is 6. The molecule has 0 radical (unpaired) electrons. The van der Waals surface area contributed by atoms with E-state index in [0.717, 1.165) is 0 Å². The maximum absolute atomic E-state index is 14.6. The van der Waals surface area contributed by atoms with E-state index in [0.29, 0.717) is 44.0 Å². The second-order valence-electron chi connectivity index (χ2n) is 11.4. The van der Waals surface area contributed by atoms with Crippen LogP contribution < -0.4 is 9.64 Å². The average molecular weight is 552 g/mol. The summed E-state index contributed by atoms with van der Waals surface area (Å²) in [5.41, 5.74) is -1.69. The number of carbonyl (C=O) groups is 3. The van der Waals surface area contributed by atoms with Crippen molar-refractivity contribution in [2.24, 2.45) is 11.8 Å². The Balaban J connectivity index is 1.65. The molecule has 1 spiro atoms. The van der Waals surface area contributed by atoms with Crippen LogP contribution >= 0.6 is 0 Å². The molecule has 9 heteroatoms. The van der Waals surface area contributed by atoms with Crippen molar-refractivity contribution in [2.75, 3.05) is 31.2 Å². The minimum absolute atomic E-state index is 0.0961. The molecular formula is C31H41N3O6. The number of benzene rings is 1. The highest BCUT2D eigenvalue weighted by atomic mass is 16.5. The van der Waals surface area contributed by atoms with Crippen LogP contribution in [0.2, 0.25) is 0 Å². The third-order valence-electron chi connectivity index (χ3n) is 9.07. The molecule has 1 unspecified atom stereocenters. The van der Waals surface area contributed by atoms with Crippen LogP contribution in [0.15, 0.2) is 48.6 Å². The standard InChI is InChI=1S/C31H41N3O6/c1-6-21(19-35)34-26-29(38)32(20(4)5)17-10-16-31(26)25(28(34)37)24-27(36)33(18-9-15-30(24,7-2)40-31)22-11-13-23(14-12-22)39-8-3/h9-16,20-21,24-26,35H,6-8,17-19H2,1-5H3/t21-,24+,25-,26?,30-,31-/m0/s1. The Kier molecular flexibility index (Phi) is 7.56. The number of likely N-dealkylation sites (tertiary alicyclic amines) is 1. The molecule has 9 nitrogen and oxygen atoms in total. The molecule has 0 aromatic heterocycles. The van der Waals surface area contributed by atoms with Gasteiger partial charge in [0.1, 0.15) is 17.4 Å². The van der Waals surface area contributed by atoms with E-state index in [2.05, 4.69) is 0 Å². The molecule has 40 heavy (non-hydrogen) atoms. The van der Waals surface area contributed by atoms with Gasteiger partial charge >= 0.3 is 0 Å². The molecule has 0 aliphatic carbocycles. The minimum Gasteiger partial charge on any atom is -0.494 e. The minimum atomic E-state index is -1.33. The first-order valence-electron chi connectivity index (χ1n) is 14.5. The molecule has 2 fully saturated rings. The van der Waals surface area contributed by atoms with Gasteiger partial charge in [0.2, 0.25) is 17.7 Å². The molecule has 4 aliphatic rings. The molecule has 2 saturated heterocycles. The summed E-state index contributed by atoms with van der Waals surface area (Å²) in [5, 5.41) is 10.3. The van der Waals surface area contributed by atoms with E-state index < -0.39 is 35.1 Å². The summed E-state index contributed by atoms with van der Waals surface area (Å²) < 4.78 is 12.6. The fourth-order valence-corrected chi connectivity index (χ4v) is 7.11. The third kappa shape index (κ3) is 4.08. The van der Waals surface area contributed by atoms with Crippen molar-refractivity contribution < 1.29 is 29.0 Å². The van der Waals surface area contributed by atoms with Gasteiger partial charge in [-0.05, 0) is 57.9 Å². The summed E-state index contributed by atoms with van der Waals surface area (Å²) in [6, 6.07) is 5.73. The third-order valence-corrected chi connectivity index (χ3v) is 9.07. The summed E-state index contributed by atoms with van der Waals surface area (Å²) in [5.74, 6) is -1.79. The Bertz CT molecular complexity index is 1210. The fourth-order valence-electron chi connectivity index (χ4n) is 7.11. The van der Waals surface area contributed by atoms with Crippen LogP contribution in [0.5, 0.6) is 5.75 Å². The van der Waals surface area contributed by atoms with Crippen molar-refractivity contribution in [1.29, 1.82) is 0 Å². The SMILES string of the molecule is CCOc1ccc(N2CC=C[C@]3(CC)O[C@]45C=CCN(C(C)C)C(=O)C4N([C@@H](CC)CO)C(=O)[C@@H]5[C@@H]3C2=O)cc1. The van der Waals surface area contributed by atoms with Crippen LogP contribution in [-0.4, -0.2) is 88.3 Å². The zero-order chi connectivity index (χ0) is 28.8. The highest BCUT2D eigenvalue weighted by Crippen LogP contribution is 2.59. The molecule has 1 N–H and O–H groups in total. The Morgan fingerprint density at radius 2 is 1.68 bits per heavy atom. The van der Waals surface area contributed by atoms with Gasteiger partial charge in [0.25, 0.3) is 0 Å². The van der Waals surface area contributed by atoms with Gasteiger partial charge < -0.3 is 29.3 Å². The van der Waals surface area contributed by atoms with Gasteiger partial charge in [0.15, 0.2) is 0 Å². The number of carbonyl (C=O) groups excluding carboxylic acids is 3. The van der Waals surface area contributed by atoms with E-state index in [4.69, 9.17) is 9.47 Å². The summed E-state index contributed by atoms with van der Waals surface area (Å²) in [4.78, 5) is 48.2. The first kappa shape index (κ1) is 28.4. The fraction of sp³-hybridized carbons (Fsp3) is 0.581. The van der Waals surface area contributed by atoms with Gasteiger partial charge in [-0.3, -0.25) is 14.4 Å². The second kappa shape index (κ2) is 10.7. The van der Waals surface area contributed by atoms with E-state index >= 15 is 0 Å². The number of nitrogens with zero attached hydrogens (tertiary/aromatic N) is 3. The highest BCUT2D eigenvalue weighted by molar-refractivity contribution is 6.04. The normalized spacial score (nSPS) is 32.2. The number of aliphatic hydroxyl groups excluding tert-OH is 1. The summed E-state index contributed by atoms with van der Waals surface area (Å²) in [6.45, 7) is 10.6. The predicted molar refractivity (Wildman–Crippen MR) is 151 cm³/mol. The number of ether oxygens (including phenoxy) is 2. The molecule has 6 atom stereocenters. The number of amides is 3. The first-order chi connectivity index (χ1) is 19.2. The molecule has 4 heterocycles. The van der Waals surface area contributed by atoms with E-state index in [9.17, 15) is 19.5 Å². The van der Waals surface area contributed by atoms with Crippen LogP contribution in [0, 0.1) is 11.8 Å². The van der Waals surface area contributed by atoms with Crippen molar-refractivity contribution in [1.82, 2.24) is 9.80 Å². The number of fused-ring (bicyclic) bond motifs is 2. The summed E-state index contributed by atoms with van der Waals surface area (Å²) in [6.07, 6.45) is 8.54. The topological polar surface area (TPSA) is 99.6 Å². The molecule has 4 aliphatic heterocycles. The smallest absolute Gasteiger partial charge is 0.249 e. The Morgan fingerprint density at radius 3 is 2.27 bits per heavy atom. The molecule has 0 saturated carbocycles. The molecule has 1 aromatic carbocycles. The largest absolute Gasteiger partial charge is 0.494 e. The molecule has 3 amide bonds. The number of anilines is 1. The number of rotatable bonds is 8. The Hall–Kier alpha value is -3.17. The second-order valence-corrected chi connectivity index (χ2v) is 11.4. The molecule has 5 rings (SSSR count). The van der Waals surface area contributed by atoms with Crippen molar-refractivity contribution in [2.45, 2.75) is 76.8 Å². The van der Waals surface area contributed by atoms with Gasteiger partial charge in [-0.2, -0.15) is 0 Å². The van der Waals surface area contributed by atoms with Crippen molar-refractivity contribution >= 4 is 23.4 Å². The first-order valence-corrected chi connectivity index (χ1v) is 14.5. The van der Waals surface area contributed by atoms with E-state index in [1.807, 2.05) is 83.2 Å². The van der Waals surface area contributed by atoms with Crippen LogP contribution in [-0.2, 0) is 19.1 Å². The van der Waals surface area contributed by atoms with Gasteiger partial charge in [-0.15, -0.1) is 0 Å². The number of hydrogen-bond donors (Lipinski definition) is 1. The van der Waals surface area contributed by atoms with Crippen LogP contribution in [0.4, 0.5) is 5.69 Å². The maximum Gasteiger partial charge on any atom is 0.249 e. The van der Waals surface area contributed by atoms with Crippen LogP contribution in [0.25, 0.3) is 0 Å². The zero-order valence-electron chi connectivity index (χ0n) is 24.1. The lowest BCUT2D eigenvalue weighted by atomic mass is 9.73. The van der Waals surface area contributed by atoms with Crippen molar-refractivity contribution in [3.05, 3.63) is 48.6 Å². The van der Waals surface area contributed by atoms with Crippen LogP contribution in [0.3, 0.4) is 0 Å². The van der Waals surface area contributed by atoms with Gasteiger partial charge in [-0.25, -0.2) is 0 Å². The summed E-state index contributed by atoms with van der Waals surface area (Å²) >= 11 is 0. The van der Waals surface area contributed by atoms with E-state index in [-0.39, 0.29) is 30.4 Å². The Labute approximate surface area is 236 Å². The van der Waals surface area contributed by atoms with Gasteiger partial charge in [0, 0.05) is 24.8 Å². The average Bonchev–Trinajstić information content (AvgIpc) is 3.23. The zero-order valence-corrected chi connectivity index (χ0v) is 24.1. The van der Waals surface area contributed by atoms with Crippen LogP contribution in [0.1, 0.15) is 47.5 Å². The predicted octanol–water partition coefficient (Wildman–Crippen LogP) is 2.93. The lowest BCUT2D eigenvalue weighted by Crippen LogP contribution is -2.59. The molecule has 1 aromatic rings. The lowest BCUT2D eigenvalue weighted by molar-refractivity contribution is -0.156. The van der Waals surface area contributed by atoms with Gasteiger partial charge in [0.05, 0.1) is 36.7 Å². The number of aliphatic hydroxyl groups is 1. The maximum atomic E-state index is 14.6. The van der Waals surface area contributed by atoms with E-state index in [1.165, 1.54) is 4.90 Å². The molecular weight excluding hydrogens is 510 g/mol. The van der Waals surface area contributed by atoms with E-state index in [1.54, 1.807) is 9.80 Å². The Morgan fingerprint density at radius 1 is 0.975 bits per heavy atom. The van der Waals surface area contributed by atoms with Crippen molar-refractivity contribution in [3.8, 4) is 5.75 Å². The highest BCUT2D eigenvalue weighted by Gasteiger charge is 2.76. The molecule has 0 bridgehead atoms. The molecule has 216 valence electrons. The summed E-state index contributed by atoms with van der Waals surface area (Å²) in [7, 11) is 0. The quantitative estimate of drug-likeness (QED) is 0.499. The van der Waals surface area contributed by atoms with Crippen molar-refractivity contribution in [3.63, 3.8) is 0 Å². The monoisotopic (exact) mass is 551 g/mol.